The van der Waals surface area contributed by atoms with Gasteiger partial charge < -0.3 is 0 Å². The van der Waals surface area contributed by atoms with E-state index in [0.29, 0.717) is 10.0 Å². The monoisotopic (exact) mass is 338 g/mol. The molecule has 1 aromatic carbocycles. The number of hydrogen-bond donors (Lipinski definition) is 1. The Kier molecular flexibility index (Phi) is 5.27. The lowest BCUT2D eigenvalue weighted by atomic mass is 10.2. The van der Waals surface area contributed by atoms with Crippen molar-refractivity contribution in [2.75, 3.05) is 7.05 Å². The summed E-state index contributed by atoms with van der Waals surface area (Å²) in [6.45, 7) is 3.45. The van der Waals surface area contributed by atoms with Crippen molar-refractivity contribution in [2.45, 2.75) is 26.4 Å². The fourth-order valence-corrected chi connectivity index (χ4v) is 2.73. The molecule has 0 saturated carbocycles. The normalized spacial score (nSPS) is 12.4. The zero-order valence-corrected chi connectivity index (χ0v) is 12.8. The van der Waals surface area contributed by atoms with E-state index in [9.17, 15) is 12.8 Å². The molecule has 0 fully saturated rings. The molecular weight excluding hydrogens is 323 g/mol. The summed E-state index contributed by atoms with van der Waals surface area (Å²) in [5.41, 5.74) is 0.296. The summed E-state index contributed by atoms with van der Waals surface area (Å²) < 4.78 is 41.3. The van der Waals surface area contributed by atoms with Crippen molar-refractivity contribution in [3.8, 4) is 0 Å². The lowest BCUT2D eigenvalue weighted by Gasteiger charge is -2.21. The average molecular weight is 339 g/mol. The van der Waals surface area contributed by atoms with Gasteiger partial charge in [-0.05, 0) is 32.0 Å². The summed E-state index contributed by atoms with van der Waals surface area (Å²) in [5, 5.41) is 0. The molecule has 0 radical (unpaired) electrons. The zero-order valence-electron chi connectivity index (χ0n) is 10.4. The number of benzene rings is 1. The summed E-state index contributed by atoms with van der Waals surface area (Å²) in [7, 11) is -2.11. The Morgan fingerprint density at radius 2 is 2.06 bits per heavy atom. The summed E-state index contributed by atoms with van der Waals surface area (Å²) in [5.74, 6) is -0.437. The van der Waals surface area contributed by atoms with E-state index in [-0.39, 0.29) is 12.6 Å². The number of nitrogens with zero attached hydrogens (tertiary/aromatic N) is 1. The van der Waals surface area contributed by atoms with Crippen LogP contribution in [0.25, 0.3) is 0 Å². The van der Waals surface area contributed by atoms with Gasteiger partial charge in [0, 0.05) is 29.7 Å². The largest absolute Gasteiger partial charge is 0.279 e. The van der Waals surface area contributed by atoms with Gasteiger partial charge in [0.1, 0.15) is 5.82 Å². The molecule has 0 aliphatic carbocycles. The molecule has 0 spiro atoms. The van der Waals surface area contributed by atoms with Crippen molar-refractivity contribution in [3.63, 3.8) is 0 Å². The minimum atomic E-state index is -3.59. The molecule has 0 heterocycles. The molecule has 0 bridgehead atoms. The van der Waals surface area contributed by atoms with Gasteiger partial charge in [0.25, 0.3) is 10.2 Å². The van der Waals surface area contributed by atoms with Gasteiger partial charge in [-0.25, -0.2) is 4.39 Å². The molecule has 102 valence electrons. The minimum Gasteiger partial charge on any atom is -0.207 e. The lowest BCUT2D eigenvalue weighted by molar-refractivity contribution is 0.402. The van der Waals surface area contributed by atoms with Gasteiger partial charge in [-0.1, -0.05) is 15.9 Å². The van der Waals surface area contributed by atoms with E-state index >= 15 is 0 Å². The molecule has 0 aromatic heterocycles. The highest BCUT2D eigenvalue weighted by atomic mass is 79.9. The van der Waals surface area contributed by atoms with Crippen LogP contribution in [0.2, 0.25) is 0 Å². The molecule has 1 N–H and O–H groups in total. The molecular formula is C11H16BrFN2O2S. The van der Waals surface area contributed by atoms with Crippen LogP contribution in [0.4, 0.5) is 4.39 Å². The molecule has 0 unspecified atom stereocenters. The Labute approximate surface area is 115 Å². The summed E-state index contributed by atoms with van der Waals surface area (Å²) in [6.07, 6.45) is 0. The van der Waals surface area contributed by atoms with E-state index in [2.05, 4.69) is 20.7 Å². The molecule has 0 aliphatic heterocycles. The van der Waals surface area contributed by atoms with Crippen LogP contribution in [-0.4, -0.2) is 25.8 Å². The van der Waals surface area contributed by atoms with Gasteiger partial charge >= 0.3 is 0 Å². The highest BCUT2D eigenvalue weighted by molar-refractivity contribution is 9.10. The van der Waals surface area contributed by atoms with Crippen LogP contribution in [0, 0.1) is 5.82 Å². The first-order valence-corrected chi connectivity index (χ1v) is 7.64. The maximum atomic E-state index is 13.4. The summed E-state index contributed by atoms with van der Waals surface area (Å²) in [6, 6.07) is 4.25. The molecule has 1 aromatic rings. The van der Waals surface area contributed by atoms with Crippen molar-refractivity contribution in [1.29, 1.82) is 0 Å². The van der Waals surface area contributed by atoms with Gasteiger partial charge in [-0.3, -0.25) is 0 Å². The summed E-state index contributed by atoms with van der Waals surface area (Å²) >= 11 is 3.21. The average Bonchev–Trinajstić information content (AvgIpc) is 2.29. The number of rotatable bonds is 5. The van der Waals surface area contributed by atoms with Gasteiger partial charge in [-0.15, -0.1) is 0 Å². The minimum absolute atomic E-state index is 0.0787. The van der Waals surface area contributed by atoms with Crippen molar-refractivity contribution >= 4 is 26.1 Å². The smallest absolute Gasteiger partial charge is 0.207 e. The van der Waals surface area contributed by atoms with Crippen molar-refractivity contribution in [3.05, 3.63) is 34.1 Å². The second kappa shape index (κ2) is 6.10. The van der Waals surface area contributed by atoms with Crippen LogP contribution in [0.15, 0.2) is 22.7 Å². The van der Waals surface area contributed by atoms with E-state index in [1.54, 1.807) is 26.0 Å². The summed E-state index contributed by atoms with van der Waals surface area (Å²) in [4.78, 5) is 0. The molecule has 7 heteroatoms. The Morgan fingerprint density at radius 1 is 1.44 bits per heavy atom. The first kappa shape index (κ1) is 15.6. The number of nitrogens with one attached hydrogen (secondary N) is 1. The van der Waals surface area contributed by atoms with Crippen molar-refractivity contribution < 1.29 is 12.8 Å². The second-order valence-electron chi connectivity index (χ2n) is 4.17. The molecule has 0 atom stereocenters. The van der Waals surface area contributed by atoms with Gasteiger partial charge in [0.2, 0.25) is 0 Å². The third kappa shape index (κ3) is 4.01. The Balaban J connectivity index is 2.79. The van der Waals surface area contributed by atoms with Crippen LogP contribution < -0.4 is 4.72 Å². The fraction of sp³-hybridized carbons (Fsp3) is 0.455. The third-order valence-electron chi connectivity index (χ3n) is 2.56. The van der Waals surface area contributed by atoms with Crippen molar-refractivity contribution in [1.82, 2.24) is 9.03 Å². The maximum absolute atomic E-state index is 13.4. The second-order valence-corrected chi connectivity index (χ2v) is 6.90. The maximum Gasteiger partial charge on any atom is 0.279 e. The Bertz CT molecular complexity index is 520. The first-order chi connectivity index (χ1) is 8.24. The molecule has 18 heavy (non-hydrogen) atoms. The standard InChI is InChI=1S/C11H16BrFN2O2S/c1-8(2)15(3)18(16,17)14-7-9-6-10(12)4-5-11(9)13/h4-6,8,14H,7H2,1-3H3. The third-order valence-corrected chi connectivity index (χ3v) is 4.74. The highest BCUT2D eigenvalue weighted by Crippen LogP contribution is 2.15. The molecule has 0 saturated heterocycles. The van der Waals surface area contributed by atoms with E-state index in [4.69, 9.17) is 0 Å². The quantitative estimate of drug-likeness (QED) is 0.895. The van der Waals surface area contributed by atoms with Crippen LogP contribution in [-0.2, 0) is 16.8 Å². The molecule has 4 nitrogen and oxygen atoms in total. The topological polar surface area (TPSA) is 49.4 Å². The first-order valence-electron chi connectivity index (χ1n) is 5.40. The number of halogens is 2. The SMILES string of the molecule is CC(C)N(C)S(=O)(=O)NCc1cc(Br)ccc1F. The van der Waals surface area contributed by atoms with E-state index in [1.807, 2.05) is 0 Å². The zero-order chi connectivity index (χ0) is 13.9. The highest BCUT2D eigenvalue weighted by Gasteiger charge is 2.20. The van der Waals surface area contributed by atoms with Gasteiger partial charge in [-0.2, -0.15) is 17.4 Å². The van der Waals surface area contributed by atoms with Crippen molar-refractivity contribution in [2.24, 2.45) is 0 Å². The van der Waals surface area contributed by atoms with Crippen LogP contribution in [0.1, 0.15) is 19.4 Å². The Morgan fingerprint density at radius 3 is 2.61 bits per heavy atom. The predicted octanol–water partition coefficient (Wildman–Crippen LogP) is 2.26. The van der Waals surface area contributed by atoms with E-state index < -0.39 is 16.0 Å². The van der Waals surface area contributed by atoms with Crippen LogP contribution in [0.5, 0.6) is 0 Å². The molecule has 0 amide bonds. The van der Waals surface area contributed by atoms with Crippen LogP contribution in [0.3, 0.4) is 0 Å². The Hall–Kier alpha value is -0.500. The van der Waals surface area contributed by atoms with Gasteiger partial charge in [0.15, 0.2) is 0 Å². The predicted molar refractivity (Wildman–Crippen MR) is 72.8 cm³/mol. The fourth-order valence-electron chi connectivity index (χ4n) is 1.23. The molecule has 1 rings (SSSR count). The molecule has 0 aliphatic rings. The van der Waals surface area contributed by atoms with Gasteiger partial charge in [0.05, 0.1) is 0 Å². The van der Waals surface area contributed by atoms with E-state index in [0.717, 1.165) is 0 Å². The number of hydrogen-bond acceptors (Lipinski definition) is 2. The lowest BCUT2D eigenvalue weighted by Crippen LogP contribution is -2.41. The van der Waals surface area contributed by atoms with E-state index in [1.165, 1.54) is 17.4 Å². The van der Waals surface area contributed by atoms with Crippen LogP contribution >= 0.6 is 15.9 Å².